The summed E-state index contributed by atoms with van der Waals surface area (Å²) in [4.78, 5) is 29.1. The van der Waals surface area contributed by atoms with E-state index in [1.54, 1.807) is 0 Å². The normalized spacial score (nSPS) is 14.2. The molecule has 2 heterocycles. The van der Waals surface area contributed by atoms with Crippen LogP contribution in [0.15, 0.2) is 89.9 Å². The molecule has 0 spiro atoms. The quantitative estimate of drug-likeness (QED) is 0.366. The highest BCUT2D eigenvalue weighted by Crippen LogP contribution is 2.37. The average molecular weight is 439 g/mol. The summed E-state index contributed by atoms with van der Waals surface area (Å²) in [6, 6.07) is 25.3. The fourth-order valence-corrected chi connectivity index (χ4v) is 4.78. The Morgan fingerprint density at radius 3 is 2.28 bits per heavy atom. The molecule has 3 aromatic carbocycles. The first-order valence-electron chi connectivity index (χ1n) is 10.6. The van der Waals surface area contributed by atoms with Gasteiger partial charge in [-0.1, -0.05) is 68.4 Å². The zero-order valence-corrected chi connectivity index (χ0v) is 18.6. The molecule has 0 bridgehead atoms. The Hall–Kier alpha value is -3.70. The molecule has 1 aliphatic rings. The summed E-state index contributed by atoms with van der Waals surface area (Å²) in [6.07, 6.45) is 0. The van der Waals surface area contributed by atoms with Crippen LogP contribution in [0.2, 0.25) is 0 Å². The molecule has 5 heteroatoms. The van der Waals surface area contributed by atoms with Gasteiger partial charge in [0.15, 0.2) is 0 Å². The van der Waals surface area contributed by atoms with Crippen LogP contribution in [0.25, 0.3) is 16.3 Å². The summed E-state index contributed by atoms with van der Waals surface area (Å²) in [7, 11) is 0. The van der Waals surface area contributed by atoms with Gasteiger partial charge in [0.25, 0.3) is 11.8 Å². The molecule has 0 aliphatic carbocycles. The minimum atomic E-state index is -0.344. The number of rotatable bonds is 5. The first-order valence-corrected chi connectivity index (χ1v) is 11.4. The van der Waals surface area contributed by atoms with Crippen molar-refractivity contribution in [3.8, 4) is 0 Å². The van der Waals surface area contributed by atoms with E-state index in [-0.39, 0.29) is 11.8 Å². The van der Waals surface area contributed by atoms with E-state index in [1.807, 2.05) is 84.2 Å². The van der Waals surface area contributed by atoms with E-state index in [2.05, 4.69) is 19.2 Å². The molecule has 0 fully saturated rings. The number of thiophene rings is 1. The van der Waals surface area contributed by atoms with Crippen LogP contribution in [0.3, 0.4) is 0 Å². The third kappa shape index (κ3) is 3.41. The van der Waals surface area contributed by atoms with E-state index in [0.717, 1.165) is 26.9 Å². The first kappa shape index (κ1) is 20.2. The molecule has 1 aliphatic heterocycles. The highest BCUT2D eigenvalue weighted by molar-refractivity contribution is 7.11. The average Bonchev–Trinajstić information content (AvgIpc) is 3.41. The van der Waals surface area contributed by atoms with Crippen LogP contribution in [0.5, 0.6) is 0 Å². The number of nitrogens with one attached hydrogen (secondary N) is 1. The van der Waals surface area contributed by atoms with Crippen LogP contribution >= 0.6 is 11.3 Å². The second kappa shape index (κ2) is 8.09. The van der Waals surface area contributed by atoms with E-state index in [1.165, 1.54) is 16.2 Å². The molecule has 158 valence electrons. The molecular weight excluding hydrogens is 416 g/mol. The predicted octanol–water partition coefficient (Wildman–Crippen LogP) is 6.42. The Bertz CT molecular complexity index is 1350. The Morgan fingerprint density at radius 1 is 0.812 bits per heavy atom. The van der Waals surface area contributed by atoms with E-state index >= 15 is 0 Å². The van der Waals surface area contributed by atoms with E-state index in [0.29, 0.717) is 22.9 Å². The maximum atomic E-state index is 13.6. The summed E-state index contributed by atoms with van der Waals surface area (Å²) in [5.41, 5.74) is 3.25. The monoisotopic (exact) mass is 438 g/mol. The van der Waals surface area contributed by atoms with Crippen molar-refractivity contribution in [3.63, 3.8) is 0 Å². The number of hydrogen-bond donors (Lipinski definition) is 1. The van der Waals surface area contributed by atoms with Gasteiger partial charge in [-0.05, 0) is 46.5 Å². The number of fused-ring (bicyclic) bond motifs is 1. The van der Waals surface area contributed by atoms with Crippen molar-refractivity contribution in [2.75, 3.05) is 10.2 Å². The summed E-state index contributed by atoms with van der Waals surface area (Å²) < 4.78 is 0. The second-order valence-electron chi connectivity index (χ2n) is 8.07. The first-order chi connectivity index (χ1) is 15.5. The molecule has 5 rings (SSSR count). The second-order valence-corrected chi connectivity index (χ2v) is 9.02. The third-order valence-electron chi connectivity index (χ3n) is 5.72. The fourth-order valence-electron chi connectivity index (χ4n) is 4.01. The van der Waals surface area contributed by atoms with Gasteiger partial charge in [0.2, 0.25) is 0 Å². The number of anilines is 2. The van der Waals surface area contributed by atoms with Gasteiger partial charge in [-0.15, -0.1) is 11.3 Å². The highest BCUT2D eigenvalue weighted by Gasteiger charge is 2.40. The van der Waals surface area contributed by atoms with Crippen molar-refractivity contribution in [1.82, 2.24) is 0 Å². The number of benzene rings is 3. The minimum Gasteiger partial charge on any atom is -0.350 e. The maximum Gasteiger partial charge on any atom is 0.282 e. The molecule has 0 unspecified atom stereocenters. The molecule has 2 amide bonds. The van der Waals surface area contributed by atoms with Crippen molar-refractivity contribution in [2.24, 2.45) is 0 Å². The molecule has 0 saturated heterocycles. The lowest BCUT2D eigenvalue weighted by Gasteiger charge is -2.17. The Morgan fingerprint density at radius 2 is 1.56 bits per heavy atom. The van der Waals surface area contributed by atoms with Crippen LogP contribution in [-0.4, -0.2) is 11.8 Å². The minimum absolute atomic E-state index is 0.307. The van der Waals surface area contributed by atoms with Gasteiger partial charge in [-0.25, -0.2) is 4.90 Å². The lowest BCUT2D eigenvalue weighted by molar-refractivity contribution is -0.120. The molecule has 0 radical (unpaired) electrons. The lowest BCUT2D eigenvalue weighted by Crippen LogP contribution is -2.32. The number of imide groups is 1. The molecule has 1 N–H and O–H groups in total. The van der Waals surface area contributed by atoms with Crippen LogP contribution in [0, 0.1) is 0 Å². The highest BCUT2D eigenvalue weighted by atomic mass is 32.1. The van der Waals surface area contributed by atoms with E-state index in [9.17, 15) is 9.59 Å². The van der Waals surface area contributed by atoms with Gasteiger partial charge in [0.1, 0.15) is 5.70 Å². The van der Waals surface area contributed by atoms with Crippen molar-refractivity contribution >= 4 is 50.9 Å². The number of carbonyl (C=O) groups is 2. The van der Waals surface area contributed by atoms with E-state index in [4.69, 9.17) is 0 Å². The molecule has 32 heavy (non-hydrogen) atoms. The summed E-state index contributed by atoms with van der Waals surface area (Å²) >= 11 is 1.45. The molecular formula is C27H22N2O2S. The Kier molecular flexibility index (Phi) is 5.11. The number of amides is 2. The molecule has 4 nitrogen and oxygen atoms in total. The van der Waals surface area contributed by atoms with Crippen molar-refractivity contribution in [3.05, 3.63) is 100 Å². The van der Waals surface area contributed by atoms with Crippen molar-refractivity contribution < 1.29 is 9.59 Å². The molecule has 1 aromatic heterocycles. The van der Waals surface area contributed by atoms with Crippen LogP contribution in [0.4, 0.5) is 11.4 Å². The van der Waals surface area contributed by atoms with Crippen LogP contribution in [-0.2, 0) is 9.59 Å². The van der Waals surface area contributed by atoms with Gasteiger partial charge in [-0.3, -0.25) is 9.59 Å². The lowest BCUT2D eigenvalue weighted by atomic mass is 10.0. The van der Waals surface area contributed by atoms with Crippen molar-refractivity contribution in [1.29, 1.82) is 0 Å². The standard InChI is InChI=1S/C27H22N2O2S/c1-17(2)18-12-14-20(15-13-18)29-26(30)24(23-11-6-16-32-23)25(27(29)31)28-22-10-5-8-19-7-3-4-9-21(19)22/h3-17,28H,1-2H3. The number of carbonyl (C=O) groups excluding carboxylic acids is 2. The van der Waals surface area contributed by atoms with Crippen LogP contribution < -0.4 is 10.2 Å². The Balaban J connectivity index is 1.60. The SMILES string of the molecule is CC(C)c1ccc(N2C(=O)C(Nc3cccc4ccccc34)=C(c3cccs3)C2=O)cc1. The summed E-state index contributed by atoms with van der Waals surface area (Å²) in [5.74, 6) is -0.279. The molecule has 4 aromatic rings. The number of nitrogens with zero attached hydrogens (tertiary/aromatic N) is 1. The number of hydrogen-bond acceptors (Lipinski definition) is 4. The van der Waals surface area contributed by atoms with Gasteiger partial charge in [-0.2, -0.15) is 0 Å². The molecule has 0 saturated carbocycles. The smallest absolute Gasteiger partial charge is 0.282 e. The third-order valence-corrected chi connectivity index (χ3v) is 6.61. The summed E-state index contributed by atoms with van der Waals surface area (Å²) in [6.45, 7) is 4.23. The van der Waals surface area contributed by atoms with Gasteiger partial charge in [0, 0.05) is 16.0 Å². The molecule has 0 atom stereocenters. The predicted molar refractivity (Wildman–Crippen MR) is 132 cm³/mol. The zero-order valence-electron chi connectivity index (χ0n) is 17.8. The van der Waals surface area contributed by atoms with Crippen molar-refractivity contribution in [2.45, 2.75) is 19.8 Å². The Labute approximate surface area is 190 Å². The topological polar surface area (TPSA) is 49.4 Å². The van der Waals surface area contributed by atoms with Gasteiger partial charge < -0.3 is 5.32 Å². The fraction of sp³-hybridized carbons (Fsp3) is 0.111. The van der Waals surface area contributed by atoms with E-state index < -0.39 is 0 Å². The zero-order chi connectivity index (χ0) is 22.2. The summed E-state index contributed by atoms with van der Waals surface area (Å²) in [5, 5.41) is 7.28. The van der Waals surface area contributed by atoms with Gasteiger partial charge in [0.05, 0.1) is 11.3 Å². The van der Waals surface area contributed by atoms with Crippen LogP contribution in [0.1, 0.15) is 30.2 Å². The largest absolute Gasteiger partial charge is 0.350 e. The van der Waals surface area contributed by atoms with Gasteiger partial charge >= 0.3 is 0 Å². The maximum absolute atomic E-state index is 13.6.